The van der Waals surface area contributed by atoms with E-state index in [-0.39, 0.29) is 5.82 Å². The zero-order valence-electron chi connectivity index (χ0n) is 23.6. The molecule has 1 aliphatic rings. The fraction of sp³-hybridized carbons (Fsp3) is 0.314. The molecule has 4 aromatic carbocycles. The van der Waals surface area contributed by atoms with Crippen molar-refractivity contribution >= 4 is 11.6 Å². The molecule has 41 heavy (non-hydrogen) atoms. The fourth-order valence-corrected chi connectivity index (χ4v) is 5.60. The van der Waals surface area contributed by atoms with Crippen molar-refractivity contribution in [1.82, 2.24) is 9.80 Å². The van der Waals surface area contributed by atoms with Crippen LogP contribution in [0.25, 0.3) is 0 Å². The Hall–Kier alpha value is -3.22. The summed E-state index contributed by atoms with van der Waals surface area (Å²) in [5.41, 5.74) is 3.78. The number of ether oxygens (including phenoxy) is 1. The molecule has 6 heteroatoms. The Morgan fingerprint density at radius 3 is 2.02 bits per heavy atom. The Balaban J connectivity index is 1.17. The van der Waals surface area contributed by atoms with E-state index < -0.39 is 5.60 Å². The number of halogens is 2. The minimum Gasteiger partial charge on any atom is -0.492 e. The first-order valence-electron chi connectivity index (χ1n) is 14.3. The first-order chi connectivity index (χ1) is 19.9. The van der Waals surface area contributed by atoms with Crippen LogP contribution in [-0.4, -0.2) is 54.2 Å². The number of rotatable bonds is 10. The van der Waals surface area contributed by atoms with Crippen molar-refractivity contribution in [2.75, 3.05) is 39.3 Å². The van der Waals surface area contributed by atoms with E-state index in [0.29, 0.717) is 18.1 Å². The highest BCUT2D eigenvalue weighted by Crippen LogP contribution is 2.35. The van der Waals surface area contributed by atoms with Crippen LogP contribution in [-0.2, 0) is 18.6 Å². The highest BCUT2D eigenvalue weighted by molar-refractivity contribution is 6.30. The highest BCUT2D eigenvalue weighted by Gasteiger charge is 2.32. The highest BCUT2D eigenvalue weighted by atomic mass is 35.5. The lowest BCUT2D eigenvalue weighted by Crippen LogP contribution is -2.33. The smallest absolute Gasteiger partial charge is 0.123 e. The lowest BCUT2D eigenvalue weighted by atomic mass is 9.81. The maximum atomic E-state index is 13.2. The minimum atomic E-state index is -1.19. The summed E-state index contributed by atoms with van der Waals surface area (Å²) in [6.07, 6.45) is 1.53. The van der Waals surface area contributed by atoms with Crippen LogP contribution in [0.4, 0.5) is 4.39 Å². The summed E-state index contributed by atoms with van der Waals surface area (Å²) in [5.74, 6) is 0.601. The van der Waals surface area contributed by atoms with Crippen LogP contribution in [0.3, 0.4) is 0 Å². The van der Waals surface area contributed by atoms with E-state index in [2.05, 4.69) is 9.80 Å². The molecule has 1 saturated heterocycles. The quantitative estimate of drug-likeness (QED) is 0.225. The van der Waals surface area contributed by atoms with Crippen LogP contribution in [0.1, 0.15) is 34.2 Å². The molecule has 0 radical (unpaired) electrons. The zero-order valence-corrected chi connectivity index (χ0v) is 24.4. The molecule has 4 aromatic rings. The van der Waals surface area contributed by atoms with Gasteiger partial charge in [-0.05, 0) is 85.1 Å². The van der Waals surface area contributed by atoms with Crippen LogP contribution < -0.4 is 4.74 Å². The van der Waals surface area contributed by atoms with E-state index in [1.807, 2.05) is 91.9 Å². The molecule has 4 nitrogen and oxygen atoms in total. The second kappa shape index (κ2) is 13.6. The van der Waals surface area contributed by atoms with E-state index >= 15 is 0 Å². The number of aryl methyl sites for hydroxylation is 1. The predicted octanol–water partition coefficient (Wildman–Crippen LogP) is 6.85. The van der Waals surface area contributed by atoms with Gasteiger partial charge in [0.15, 0.2) is 0 Å². The third-order valence-corrected chi connectivity index (χ3v) is 8.16. The molecular formula is C35H38ClFN2O2. The average molecular weight is 573 g/mol. The van der Waals surface area contributed by atoms with Gasteiger partial charge in [0.1, 0.15) is 23.8 Å². The molecule has 1 aliphatic heterocycles. The van der Waals surface area contributed by atoms with Crippen molar-refractivity contribution < 1.29 is 14.2 Å². The molecule has 1 fully saturated rings. The Kier molecular flexibility index (Phi) is 9.73. The van der Waals surface area contributed by atoms with Gasteiger partial charge in [-0.3, -0.25) is 9.80 Å². The minimum absolute atomic E-state index is 0.190. The van der Waals surface area contributed by atoms with E-state index in [9.17, 15) is 9.50 Å². The van der Waals surface area contributed by atoms with Crippen LogP contribution >= 0.6 is 11.6 Å². The summed E-state index contributed by atoms with van der Waals surface area (Å²) >= 11 is 6.10. The van der Waals surface area contributed by atoms with Crippen LogP contribution in [0.15, 0.2) is 97.1 Å². The largest absolute Gasteiger partial charge is 0.492 e. The van der Waals surface area contributed by atoms with Crippen molar-refractivity contribution in [3.8, 4) is 5.75 Å². The zero-order chi connectivity index (χ0) is 28.7. The SMILES string of the molecule is Cc1ccc(C(O)(Cc2ccc(Cl)cc2)c2ccc(OCCN3CCCN(Cc4ccc(F)cc4)CC3)cc2)cc1. The molecule has 0 aliphatic carbocycles. The maximum Gasteiger partial charge on any atom is 0.123 e. The Labute approximate surface area is 248 Å². The maximum absolute atomic E-state index is 13.2. The van der Waals surface area contributed by atoms with Gasteiger partial charge in [0.05, 0.1) is 0 Å². The number of nitrogens with zero attached hydrogens (tertiary/aromatic N) is 2. The van der Waals surface area contributed by atoms with E-state index in [1.165, 1.54) is 12.1 Å². The van der Waals surface area contributed by atoms with Gasteiger partial charge in [0.25, 0.3) is 0 Å². The standard InChI is InChI=1S/C35H38ClFN2O2/c1-27-3-9-30(10-4-27)35(40,25-28-5-13-32(36)14-6-28)31-11-17-34(18-12-31)41-24-23-38-19-2-20-39(22-21-38)26-29-7-15-33(37)16-8-29/h3-18,40H,2,19-26H2,1H3. The molecule has 1 heterocycles. The molecule has 1 atom stereocenters. The topological polar surface area (TPSA) is 35.9 Å². The Morgan fingerprint density at radius 1 is 0.756 bits per heavy atom. The monoisotopic (exact) mass is 572 g/mol. The number of hydrogen-bond acceptors (Lipinski definition) is 4. The third-order valence-electron chi connectivity index (χ3n) is 7.91. The molecule has 214 valence electrons. The summed E-state index contributed by atoms with van der Waals surface area (Å²) < 4.78 is 19.3. The first kappa shape index (κ1) is 29.3. The van der Waals surface area contributed by atoms with Crippen molar-refractivity contribution in [3.63, 3.8) is 0 Å². The number of benzene rings is 4. The van der Waals surface area contributed by atoms with Gasteiger partial charge >= 0.3 is 0 Å². The summed E-state index contributed by atoms with van der Waals surface area (Å²) in [6.45, 7) is 8.40. The molecule has 0 bridgehead atoms. The summed E-state index contributed by atoms with van der Waals surface area (Å²) in [7, 11) is 0. The molecule has 1 unspecified atom stereocenters. The average Bonchev–Trinajstić information content (AvgIpc) is 3.21. The Bertz CT molecular complexity index is 1380. The van der Waals surface area contributed by atoms with E-state index in [4.69, 9.17) is 16.3 Å². The van der Waals surface area contributed by atoms with Crippen LogP contribution in [0, 0.1) is 12.7 Å². The molecule has 0 amide bonds. The second-order valence-electron chi connectivity index (χ2n) is 11.0. The van der Waals surface area contributed by atoms with E-state index in [1.54, 1.807) is 0 Å². The molecule has 0 aromatic heterocycles. The van der Waals surface area contributed by atoms with Gasteiger partial charge in [-0.2, -0.15) is 0 Å². The third kappa shape index (κ3) is 7.96. The van der Waals surface area contributed by atoms with Crippen molar-refractivity contribution in [2.24, 2.45) is 0 Å². The van der Waals surface area contributed by atoms with Gasteiger partial charge in [0.2, 0.25) is 0 Å². The second-order valence-corrected chi connectivity index (χ2v) is 11.4. The first-order valence-corrected chi connectivity index (χ1v) is 14.7. The van der Waals surface area contributed by atoms with Crippen molar-refractivity contribution in [2.45, 2.75) is 31.9 Å². The van der Waals surface area contributed by atoms with Crippen LogP contribution in [0.2, 0.25) is 5.02 Å². The number of aliphatic hydroxyl groups is 1. The van der Waals surface area contributed by atoms with Crippen molar-refractivity contribution in [3.05, 3.63) is 136 Å². The molecule has 1 N–H and O–H groups in total. The van der Waals surface area contributed by atoms with Gasteiger partial charge in [-0.15, -0.1) is 0 Å². The van der Waals surface area contributed by atoms with Gasteiger partial charge in [-0.1, -0.05) is 77.8 Å². The number of hydrogen-bond donors (Lipinski definition) is 1. The molecule has 0 saturated carbocycles. The van der Waals surface area contributed by atoms with Gasteiger partial charge in [0, 0.05) is 37.6 Å². The molecule has 5 rings (SSSR count). The summed E-state index contributed by atoms with van der Waals surface area (Å²) in [4.78, 5) is 4.88. The lowest BCUT2D eigenvalue weighted by molar-refractivity contribution is 0.0810. The molecular weight excluding hydrogens is 535 g/mol. The van der Waals surface area contributed by atoms with Gasteiger partial charge in [-0.25, -0.2) is 4.39 Å². The van der Waals surface area contributed by atoms with E-state index in [0.717, 1.165) is 79.3 Å². The lowest BCUT2D eigenvalue weighted by Gasteiger charge is -2.30. The van der Waals surface area contributed by atoms with Crippen molar-refractivity contribution in [1.29, 1.82) is 0 Å². The van der Waals surface area contributed by atoms with Crippen LogP contribution in [0.5, 0.6) is 5.75 Å². The summed E-state index contributed by atoms with van der Waals surface area (Å²) in [5, 5.41) is 12.7. The molecule has 0 spiro atoms. The fourth-order valence-electron chi connectivity index (χ4n) is 5.47. The normalized spacial score (nSPS) is 16.2. The summed E-state index contributed by atoms with van der Waals surface area (Å²) in [6, 6.07) is 30.3. The predicted molar refractivity (Wildman–Crippen MR) is 164 cm³/mol. The van der Waals surface area contributed by atoms with Gasteiger partial charge < -0.3 is 9.84 Å². The Morgan fingerprint density at radius 2 is 1.34 bits per heavy atom.